The monoisotopic (exact) mass is 469 g/mol. The summed E-state index contributed by atoms with van der Waals surface area (Å²) in [7, 11) is 0. The van der Waals surface area contributed by atoms with E-state index in [1.807, 2.05) is 6.92 Å². The lowest BCUT2D eigenvalue weighted by Gasteiger charge is -2.08. The molecule has 0 aliphatic carbocycles. The van der Waals surface area contributed by atoms with Crippen LogP contribution in [0.4, 0.5) is 5.69 Å². The number of aromatic nitrogens is 4. The van der Waals surface area contributed by atoms with Gasteiger partial charge in [0.05, 0.1) is 18.3 Å². The molecular formula is C21H16ClN5O4S. The number of nitrogens with zero attached hydrogens (tertiary/aromatic N) is 4. The van der Waals surface area contributed by atoms with Crippen LogP contribution in [-0.4, -0.2) is 24.7 Å². The van der Waals surface area contributed by atoms with Gasteiger partial charge in [-0.05, 0) is 48.2 Å². The summed E-state index contributed by atoms with van der Waals surface area (Å²) in [5.41, 5.74) is 1.03. The number of nitrogens with one attached hydrogen (secondary N) is 1. The number of carbonyl (C=O) groups excluding carboxylic acids is 1. The Kier molecular flexibility index (Phi) is 4.95. The first-order valence-corrected chi connectivity index (χ1v) is 10.9. The highest BCUT2D eigenvalue weighted by molar-refractivity contribution is 7.17. The third-order valence-electron chi connectivity index (χ3n) is 5.05. The number of amides is 1. The third-order valence-corrected chi connectivity index (χ3v) is 6.18. The van der Waals surface area contributed by atoms with E-state index in [1.165, 1.54) is 26.6 Å². The molecule has 4 aromatic heterocycles. The molecule has 5 rings (SSSR count). The molecule has 0 aliphatic rings. The summed E-state index contributed by atoms with van der Waals surface area (Å²) in [6, 6.07) is 10.3. The van der Waals surface area contributed by atoms with Crippen LogP contribution >= 0.6 is 22.9 Å². The number of anilines is 1. The summed E-state index contributed by atoms with van der Waals surface area (Å²) in [5, 5.41) is 9.28. The fourth-order valence-corrected chi connectivity index (χ4v) is 4.49. The number of furan rings is 1. The van der Waals surface area contributed by atoms with Gasteiger partial charge in [0.15, 0.2) is 0 Å². The average molecular weight is 470 g/mol. The SMILES string of the molecule is Cc1ccc(Cl)cc1NC(=O)Cn1nc2n(Cc3ccco3)c(=O)c3sccc3n2c1=O. The zero-order valence-corrected chi connectivity index (χ0v) is 18.3. The van der Waals surface area contributed by atoms with Crippen LogP contribution in [0.5, 0.6) is 0 Å². The van der Waals surface area contributed by atoms with Crippen molar-refractivity contribution in [2.24, 2.45) is 0 Å². The van der Waals surface area contributed by atoms with E-state index < -0.39 is 11.6 Å². The van der Waals surface area contributed by atoms with Crippen molar-refractivity contribution in [3.63, 3.8) is 0 Å². The van der Waals surface area contributed by atoms with Gasteiger partial charge in [-0.1, -0.05) is 17.7 Å². The molecule has 0 saturated carbocycles. The second-order valence-corrected chi connectivity index (χ2v) is 8.54. The van der Waals surface area contributed by atoms with Crippen molar-refractivity contribution in [3.05, 3.63) is 85.2 Å². The molecule has 1 amide bonds. The predicted octanol–water partition coefficient (Wildman–Crippen LogP) is 3.11. The van der Waals surface area contributed by atoms with E-state index in [2.05, 4.69) is 10.4 Å². The highest BCUT2D eigenvalue weighted by Crippen LogP contribution is 2.20. The molecule has 1 aromatic carbocycles. The molecule has 5 aromatic rings. The second kappa shape index (κ2) is 7.81. The number of hydrogen-bond acceptors (Lipinski definition) is 6. The molecule has 4 heterocycles. The third kappa shape index (κ3) is 3.43. The van der Waals surface area contributed by atoms with Crippen LogP contribution in [0.15, 0.2) is 62.0 Å². The number of hydrogen-bond donors (Lipinski definition) is 1. The lowest BCUT2D eigenvalue weighted by Crippen LogP contribution is -2.29. The van der Waals surface area contributed by atoms with Gasteiger partial charge >= 0.3 is 5.69 Å². The molecule has 0 spiro atoms. The van der Waals surface area contributed by atoms with Gasteiger partial charge in [-0.2, -0.15) is 0 Å². The Bertz CT molecular complexity index is 1590. The smallest absolute Gasteiger partial charge is 0.352 e. The van der Waals surface area contributed by atoms with Gasteiger partial charge in [-0.15, -0.1) is 16.4 Å². The van der Waals surface area contributed by atoms with Crippen LogP contribution in [0.1, 0.15) is 11.3 Å². The van der Waals surface area contributed by atoms with Gasteiger partial charge in [0, 0.05) is 10.7 Å². The zero-order chi connectivity index (χ0) is 22.4. The minimum absolute atomic E-state index is 0.105. The van der Waals surface area contributed by atoms with Crippen molar-refractivity contribution in [1.29, 1.82) is 0 Å². The maximum Gasteiger partial charge on any atom is 0.352 e. The molecule has 0 saturated heterocycles. The summed E-state index contributed by atoms with van der Waals surface area (Å²) in [6.07, 6.45) is 1.51. The highest BCUT2D eigenvalue weighted by atomic mass is 35.5. The molecule has 0 atom stereocenters. The topological polar surface area (TPSA) is 104 Å². The number of rotatable bonds is 5. The van der Waals surface area contributed by atoms with Gasteiger partial charge in [0.25, 0.3) is 5.56 Å². The van der Waals surface area contributed by atoms with Crippen molar-refractivity contribution >= 4 is 50.5 Å². The molecule has 0 unspecified atom stereocenters. The van der Waals surface area contributed by atoms with Gasteiger partial charge in [0.1, 0.15) is 17.0 Å². The second-order valence-electron chi connectivity index (χ2n) is 7.19. The summed E-state index contributed by atoms with van der Waals surface area (Å²) in [5.74, 6) is 0.234. The quantitative estimate of drug-likeness (QED) is 0.426. The first kappa shape index (κ1) is 20.3. The molecule has 0 bridgehead atoms. The Morgan fingerprint density at radius 2 is 2.09 bits per heavy atom. The summed E-state index contributed by atoms with van der Waals surface area (Å²) in [6.45, 7) is 1.62. The van der Waals surface area contributed by atoms with E-state index in [4.69, 9.17) is 16.0 Å². The normalized spacial score (nSPS) is 11.4. The van der Waals surface area contributed by atoms with Crippen LogP contribution < -0.4 is 16.6 Å². The van der Waals surface area contributed by atoms with Crippen molar-refractivity contribution < 1.29 is 9.21 Å². The van der Waals surface area contributed by atoms with Crippen molar-refractivity contribution in [2.45, 2.75) is 20.0 Å². The lowest BCUT2D eigenvalue weighted by atomic mass is 10.2. The fourth-order valence-electron chi connectivity index (χ4n) is 3.49. The van der Waals surface area contributed by atoms with Crippen LogP contribution in [-0.2, 0) is 17.9 Å². The largest absolute Gasteiger partial charge is 0.467 e. The fraction of sp³-hybridized carbons (Fsp3) is 0.143. The number of thiophene rings is 1. The molecule has 32 heavy (non-hydrogen) atoms. The van der Waals surface area contributed by atoms with E-state index in [0.29, 0.717) is 26.7 Å². The molecule has 9 nitrogen and oxygen atoms in total. The van der Waals surface area contributed by atoms with Gasteiger partial charge in [-0.3, -0.25) is 14.2 Å². The average Bonchev–Trinajstić information content (AvgIpc) is 3.49. The number of aryl methyl sites for hydroxylation is 1. The van der Waals surface area contributed by atoms with Crippen molar-refractivity contribution in [2.75, 3.05) is 5.32 Å². The Morgan fingerprint density at radius 3 is 2.88 bits per heavy atom. The van der Waals surface area contributed by atoms with Crippen LogP contribution in [0.3, 0.4) is 0 Å². The van der Waals surface area contributed by atoms with E-state index >= 15 is 0 Å². The first-order valence-electron chi connectivity index (χ1n) is 9.60. The Balaban J connectivity index is 1.58. The summed E-state index contributed by atoms with van der Waals surface area (Å²) < 4.78 is 9.54. The number of benzene rings is 1. The molecule has 1 N–H and O–H groups in total. The van der Waals surface area contributed by atoms with E-state index in [-0.39, 0.29) is 24.4 Å². The molecule has 11 heteroatoms. The predicted molar refractivity (Wildman–Crippen MR) is 122 cm³/mol. The standard InChI is InChI=1S/C21H16ClN5O4S/c1-12-4-5-13(22)9-15(12)23-17(28)11-26-21(30)27-16-6-8-32-18(16)19(29)25(20(27)24-26)10-14-3-2-7-31-14/h2-9H,10-11H2,1H3,(H,23,28). The minimum atomic E-state index is -0.519. The lowest BCUT2D eigenvalue weighted by molar-refractivity contribution is -0.117. The molecule has 162 valence electrons. The van der Waals surface area contributed by atoms with Crippen LogP contribution in [0, 0.1) is 6.92 Å². The number of fused-ring (bicyclic) bond motifs is 3. The zero-order valence-electron chi connectivity index (χ0n) is 16.7. The molecular weight excluding hydrogens is 454 g/mol. The Hall–Kier alpha value is -3.63. The van der Waals surface area contributed by atoms with Gasteiger partial charge in [0.2, 0.25) is 11.7 Å². The summed E-state index contributed by atoms with van der Waals surface area (Å²) in [4.78, 5) is 38.9. The number of halogens is 1. The molecule has 0 aliphatic heterocycles. The van der Waals surface area contributed by atoms with Crippen LogP contribution in [0.2, 0.25) is 5.02 Å². The van der Waals surface area contributed by atoms with Crippen LogP contribution in [0.25, 0.3) is 16.0 Å². The molecule has 0 fully saturated rings. The van der Waals surface area contributed by atoms with Crippen molar-refractivity contribution in [1.82, 2.24) is 18.7 Å². The highest BCUT2D eigenvalue weighted by Gasteiger charge is 2.20. The van der Waals surface area contributed by atoms with Crippen molar-refractivity contribution in [3.8, 4) is 0 Å². The van der Waals surface area contributed by atoms with E-state index in [0.717, 1.165) is 10.2 Å². The van der Waals surface area contributed by atoms with E-state index in [1.54, 1.807) is 41.8 Å². The maximum atomic E-state index is 13.1. The Morgan fingerprint density at radius 1 is 1.25 bits per heavy atom. The number of carbonyl (C=O) groups is 1. The van der Waals surface area contributed by atoms with Gasteiger partial charge in [-0.25, -0.2) is 13.9 Å². The molecule has 0 radical (unpaired) electrons. The first-order chi connectivity index (χ1) is 15.4. The maximum absolute atomic E-state index is 13.1. The summed E-state index contributed by atoms with van der Waals surface area (Å²) >= 11 is 7.25. The van der Waals surface area contributed by atoms with E-state index in [9.17, 15) is 14.4 Å². The van der Waals surface area contributed by atoms with Gasteiger partial charge < -0.3 is 9.73 Å². The Labute approximate surface area is 189 Å². The minimum Gasteiger partial charge on any atom is -0.467 e.